The number of likely N-dealkylation sites (tertiary alicyclic amines) is 1. The van der Waals surface area contributed by atoms with Gasteiger partial charge < -0.3 is 24.6 Å². The van der Waals surface area contributed by atoms with E-state index < -0.39 is 0 Å². The van der Waals surface area contributed by atoms with Crippen LogP contribution in [0.15, 0.2) is 23.2 Å². The van der Waals surface area contributed by atoms with Crippen LogP contribution in [0.25, 0.3) is 0 Å². The van der Waals surface area contributed by atoms with Crippen molar-refractivity contribution < 1.29 is 9.47 Å². The third-order valence-electron chi connectivity index (χ3n) is 5.52. The fourth-order valence-electron chi connectivity index (χ4n) is 3.61. The molecule has 1 heterocycles. The molecule has 2 rings (SSSR count). The second kappa shape index (κ2) is 11.8. The number of rotatable bonds is 9. The highest BCUT2D eigenvalue weighted by Crippen LogP contribution is 2.27. The average Bonchev–Trinajstić information content (AvgIpc) is 2.72. The molecule has 0 spiro atoms. The summed E-state index contributed by atoms with van der Waals surface area (Å²) in [6.45, 7) is 7.24. The van der Waals surface area contributed by atoms with Gasteiger partial charge in [-0.3, -0.25) is 4.99 Å². The van der Waals surface area contributed by atoms with E-state index in [4.69, 9.17) is 14.5 Å². The molecule has 6 nitrogen and oxygen atoms in total. The van der Waals surface area contributed by atoms with Crippen molar-refractivity contribution in [3.63, 3.8) is 0 Å². The van der Waals surface area contributed by atoms with Gasteiger partial charge in [0.15, 0.2) is 17.5 Å². The fourth-order valence-corrected chi connectivity index (χ4v) is 3.61. The Kier molecular flexibility index (Phi) is 9.41. The maximum atomic E-state index is 5.41. The highest BCUT2D eigenvalue weighted by atomic mass is 16.5. The number of piperidine rings is 1. The summed E-state index contributed by atoms with van der Waals surface area (Å²) in [5, 5.41) is 3.43. The van der Waals surface area contributed by atoms with Gasteiger partial charge in [0.05, 0.1) is 14.2 Å². The molecule has 1 aliphatic heterocycles. The lowest BCUT2D eigenvalue weighted by Gasteiger charge is -2.28. The van der Waals surface area contributed by atoms with Gasteiger partial charge >= 0.3 is 0 Å². The minimum absolute atomic E-state index is 0.767. The Morgan fingerprint density at radius 3 is 2.57 bits per heavy atom. The zero-order chi connectivity index (χ0) is 20.4. The third-order valence-corrected chi connectivity index (χ3v) is 5.52. The molecule has 6 heteroatoms. The van der Waals surface area contributed by atoms with Crippen LogP contribution in [-0.4, -0.2) is 76.8 Å². The largest absolute Gasteiger partial charge is 0.493 e. The van der Waals surface area contributed by atoms with E-state index in [1.165, 1.54) is 37.9 Å². The van der Waals surface area contributed by atoms with Crippen molar-refractivity contribution in [1.29, 1.82) is 0 Å². The van der Waals surface area contributed by atoms with E-state index in [1.807, 2.05) is 6.07 Å². The van der Waals surface area contributed by atoms with E-state index in [0.29, 0.717) is 0 Å². The van der Waals surface area contributed by atoms with Crippen LogP contribution in [0.5, 0.6) is 11.5 Å². The molecule has 0 aromatic heterocycles. The fraction of sp³-hybridized carbons (Fsp3) is 0.682. The molecule has 0 atom stereocenters. The topological polar surface area (TPSA) is 49.3 Å². The van der Waals surface area contributed by atoms with Crippen LogP contribution in [0.1, 0.15) is 31.7 Å². The highest BCUT2D eigenvalue weighted by molar-refractivity contribution is 5.79. The Labute approximate surface area is 170 Å². The normalized spacial score (nSPS) is 16.1. The van der Waals surface area contributed by atoms with Crippen molar-refractivity contribution in [3.05, 3.63) is 23.8 Å². The van der Waals surface area contributed by atoms with Gasteiger partial charge in [0, 0.05) is 26.7 Å². The number of ether oxygens (including phenoxy) is 2. The molecule has 1 aromatic carbocycles. The molecule has 1 aliphatic rings. The minimum Gasteiger partial charge on any atom is -0.493 e. The van der Waals surface area contributed by atoms with Crippen LogP contribution in [0.2, 0.25) is 0 Å². The number of hydrogen-bond acceptors (Lipinski definition) is 4. The molecule has 0 radical (unpaired) electrons. The molecule has 0 aliphatic carbocycles. The van der Waals surface area contributed by atoms with Gasteiger partial charge in [-0.05, 0) is 76.4 Å². The lowest BCUT2D eigenvalue weighted by molar-refractivity contribution is 0.214. The summed E-state index contributed by atoms with van der Waals surface area (Å²) < 4.78 is 10.7. The maximum Gasteiger partial charge on any atom is 0.193 e. The number of guanidine groups is 1. The predicted molar refractivity (Wildman–Crippen MR) is 117 cm³/mol. The first-order chi connectivity index (χ1) is 13.6. The molecule has 158 valence electrons. The molecule has 1 fully saturated rings. The third kappa shape index (κ3) is 6.89. The number of nitrogens with one attached hydrogen (secondary N) is 1. The highest BCUT2D eigenvalue weighted by Gasteiger charge is 2.16. The first-order valence-corrected chi connectivity index (χ1v) is 10.5. The first kappa shape index (κ1) is 22.3. The quantitative estimate of drug-likeness (QED) is 0.519. The molecule has 0 unspecified atom stereocenters. The van der Waals surface area contributed by atoms with Crippen molar-refractivity contribution in [2.75, 3.05) is 61.0 Å². The summed E-state index contributed by atoms with van der Waals surface area (Å²) >= 11 is 0. The van der Waals surface area contributed by atoms with Gasteiger partial charge in [0.1, 0.15) is 0 Å². The van der Waals surface area contributed by atoms with Crippen LogP contribution in [0.4, 0.5) is 0 Å². The molecule has 1 saturated heterocycles. The number of likely N-dealkylation sites (N-methyl/N-ethyl adjacent to an activating group) is 1. The van der Waals surface area contributed by atoms with Crippen molar-refractivity contribution in [1.82, 2.24) is 15.1 Å². The van der Waals surface area contributed by atoms with E-state index >= 15 is 0 Å². The summed E-state index contributed by atoms with van der Waals surface area (Å²) in [7, 11) is 7.66. The van der Waals surface area contributed by atoms with Crippen molar-refractivity contribution in [3.8, 4) is 11.5 Å². The maximum absolute atomic E-state index is 5.41. The second-order valence-corrected chi connectivity index (χ2v) is 7.63. The molecule has 0 amide bonds. The van der Waals surface area contributed by atoms with Gasteiger partial charge in [-0.15, -0.1) is 0 Å². The summed E-state index contributed by atoms with van der Waals surface area (Å²) in [6, 6.07) is 6.12. The Morgan fingerprint density at radius 2 is 1.93 bits per heavy atom. The van der Waals surface area contributed by atoms with Gasteiger partial charge in [-0.2, -0.15) is 0 Å². The van der Waals surface area contributed by atoms with Crippen molar-refractivity contribution in [2.24, 2.45) is 10.9 Å². The van der Waals surface area contributed by atoms with E-state index in [2.05, 4.69) is 48.3 Å². The minimum atomic E-state index is 0.767. The molecular weight excluding hydrogens is 352 g/mol. The number of hydrogen-bond donors (Lipinski definition) is 1. The Balaban J connectivity index is 1.86. The van der Waals surface area contributed by atoms with Crippen LogP contribution >= 0.6 is 0 Å². The summed E-state index contributed by atoms with van der Waals surface area (Å²) in [4.78, 5) is 9.51. The summed E-state index contributed by atoms with van der Waals surface area (Å²) in [6.07, 6.45) is 4.72. The van der Waals surface area contributed by atoms with Gasteiger partial charge in [-0.1, -0.05) is 6.07 Å². The van der Waals surface area contributed by atoms with E-state index in [-0.39, 0.29) is 0 Å². The van der Waals surface area contributed by atoms with Crippen molar-refractivity contribution >= 4 is 5.96 Å². The predicted octanol–water partition coefficient (Wildman–Crippen LogP) is 2.88. The van der Waals surface area contributed by atoms with Crippen molar-refractivity contribution in [2.45, 2.75) is 32.6 Å². The van der Waals surface area contributed by atoms with Gasteiger partial charge in [-0.25, -0.2) is 0 Å². The van der Waals surface area contributed by atoms with Crippen LogP contribution in [0.3, 0.4) is 0 Å². The monoisotopic (exact) mass is 390 g/mol. The molecule has 28 heavy (non-hydrogen) atoms. The standard InChI is InChI=1S/C22H38N4O2/c1-6-23-22(24-13-9-18-10-14-25(2)15-11-18)26(3)16-12-19-7-8-20(27-4)21(17-19)28-5/h7-8,17-18H,6,9-16H2,1-5H3,(H,23,24). The first-order valence-electron chi connectivity index (χ1n) is 10.5. The Bertz CT molecular complexity index is 613. The number of aliphatic imine (C=N–C) groups is 1. The lowest BCUT2D eigenvalue weighted by Crippen LogP contribution is -2.40. The number of benzene rings is 1. The van der Waals surface area contributed by atoms with E-state index in [0.717, 1.165) is 49.4 Å². The molecule has 0 saturated carbocycles. The summed E-state index contributed by atoms with van der Waals surface area (Å²) in [5.41, 5.74) is 1.23. The molecule has 1 N–H and O–H groups in total. The average molecular weight is 391 g/mol. The zero-order valence-corrected chi connectivity index (χ0v) is 18.3. The Morgan fingerprint density at radius 1 is 1.21 bits per heavy atom. The molecule has 0 bridgehead atoms. The van der Waals surface area contributed by atoms with Gasteiger partial charge in [0.25, 0.3) is 0 Å². The number of methoxy groups -OCH3 is 2. The van der Waals surface area contributed by atoms with Crippen LogP contribution < -0.4 is 14.8 Å². The molecular formula is C22H38N4O2. The SMILES string of the molecule is CCNC(=NCCC1CCN(C)CC1)N(C)CCc1ccc(OC)c(OC)c1. The summed E-state index contributed by atoms with van der Waals surface area (Å²) in [5.74, 6) is 3.36. The van der Waals surface area contributed by atoms with Gasteiger partial charge in [0.2, 0.25) is 0 Å². The Hall–Kier alpha value is -1.95. The van der Waals surface area contributed by atoms with E-state index in [1.54, 1.807) is 14.2 Å². The number of nitrogens with zero attached hydrogens (tertiary/aromatic N) is 3. The zero-order valence-electron chi connectivity index (χ0n) is 18.3. The smallest absolute Gasteiger partial charge is 0.193 e. The second-order valence-electron chi connectivity index (χ2n) is 7.63. The molecule has 1 aromatic rings. The van der Waals surface area contributed by atoms with E-state index in [9.17, 15) is 0 Å². The van der Waals surface area contributed by atoms with Crippen LogP contribution in [0, 0.1) is 5.92 Å². The van der Waals surface area contributed by atoms with Crippen LogP contribution in [-0.2, 0) is 6.42 Å². The lowest BCUT2D eigenvalue weighted by atomic mass is 9.94.